The first-order valence-electron chi connectivity index (χ1n) is 11.5. The van der Waals surface area contributed by atoms with Crippen LogP contribution in [0.4, 0.5) is 0 Å². The Kier molecular flexibility index (Phi) is 11.0. The van der Waals surface area contributed by atoms with Gasteiger partial charge in [0, 0.05) is 48.2 Å². The SMILES string of the molecule is CC[C@@H](C)NC(=O)[C@H](C)N(Cc1c(Cl)cccc1Cl)C(=O)CCCN(C)S(=O)(=O)c1ccccc1. The number of nitrogens with one attached hydrogen (secondary N) is 1. The number of halogens is 2. The van der Waals surface area contributed by atoms with Crippen LogP contribution in [0.15, 0.2) is 53.4 Å². The summed E-state index contributed by atoms with van der Waals surface area (Å²) in [6.07, 6.45) is 1.09. The summed E-state index contributed by atoms with van der Waals surface area (Å²) in [5.74, 6) is -0.571. The lowest BCUT2D eigenvalue weighted by atomic mass is 10.1. The van der Waals surface area contributed by atoms with E-state index in [2.05, 4.69) is 5.32 Å². The average molecular weight is 543 g/mol. The largest absolute Gasteiger partial charge is 0.352 e. The van der Waals surface area contributed by atoms with Crippen molar-refractivity contribution < 1.29 is 18.0 Å². The molecule has 1 N–H and O–H groups in total. The van der Waals surface area contributed by atoms with E-state index in [1.165, 1.54) is 28.4 Å². The van der Waals surface area contributed by atoms with E-state index < -0.39 is 16.1 Å². The molecule has 10 heteroatoms. The van der Waals surface area contributed by atoms with E-state index >= 15 is 0 Å². The minimum Gasteiger partial charge on any atom is -0.352 e. The van der Waals surface area contributed by atoms with E-state index in [0.29, 0.717) is 15.6 Å². The third-order valence-electron chi connectivity index (χ3n) is 5.87. The number of carbonyl (C=O) groups is 2. The summed E-state index contributed by atoms with van der Waals surface area (Å²) < 4.78 is 26.7. The Hall–Kier alpha value is -2.13. The van der Waals surface area contributed by atoms with Gasteiger partial charge in [0.15, 0.2) is 0 Å². The van der Waals surface area contributed by atoms with Gasteiger partial charge in [0.2, 0.25) is 21.8 Å². The van der Waals surface area contributed by atoms with E-state index in [4.69, 9.17) is 23.2 Å². The van der Waals surface area contributed by atoms with Gasteiger partial charge in [-0.2, -0.15) is 0 Å². The summed E-state index contributed by atoms with van der Waals surface area (Å²) in [4.78, 5) is 27.7. The molecule has 0 saturated carbocycles. The van der Waals surface area contributed by atoms with Crippen LogP contribution in [-0.4, -0.2) is 55.1 Å². The van der Waals surface area contributed by atoms with Crippen LogP contribution in [0.1, 0.15) is 45.6 Å². The standard InChI is InChI=1S/C25H33Cl2N3O4S/c1-5-18(2)28-25(32)19(3)30(17-21-22(26)13-9-14-23(21)27)24(31)15-10-16-29(4)35(33,34)20-11-7-6-8-12-20/h6-9,11-14,18-19H,5,10,15-17H2,1-4H3,(H,28,32)/t18-,19+/m1/s1. The molecule has 0 fully saturated rings. The van der Waals surface area contributed by atoms with Crippen molar-refractivity contribution in [3.63, 3.8) is 0 Å². The van der Waals surface area contributed by atoms with Gasteiger partial charge < -0.3 is 10.2 Å². The Labute approximate surface area is 218 Å². The van der Waals surface area contributed by atoms with Crippen LogP contribution in [0.25, 0.3) is 0 Å². The monoisotopic (exact) mass is 541 g/mol. The molecule has 2 atom stereocenters. The highest BCUT2D eigenvalue weighted by atomic mass is 35.5. The molecule has 0 aliphatic heterocycles. The normalized spacial score (nSPS) is 13.3. The van der Waals surface area contributed by atoms with E-state index in [0.717, 1.165) is 6.42 Å². The Morgan fingerprint density at radius 3 is 2.17 bits per heavy atom. The Morgan fingerprint density at radius 2 is 1.60 bits per heavy atom. The molecule has 2 aromatic carbocycles. The summed E-state index contributed by atoms with van der Waals surface area (Å²) in [6, 6.07) is 12.4. The highest BCUT2D eigenvalue weighted by molar-refractivity contribution is 7.89. The zero-order valence-electron chi connectivity index (χ0n) is 20.5. The summed E-state index contributed by atoms with van der Waals surface area (Å²) >= 11 is 12.7. The second kappa shape index (κ2) is 13.3. The molecule has 0 heterocycles. The van der Waals surface area contributed by atoms with Crippen LogP contribution < -0.4 is 5.32 Å². The smallest absolute Gasteiger partial charge is 0.242 e. The lowest BCUT2D eigenvalue weighted by Gasteiger charge is -2.30. The molecule has 0 unspecified atom stereocenters. The average Bonchev–Trinajstić information content (AvgIpc) is 2.83. The number of carbonyl (C=O) groups excluding carboxylic acids is 2. The number of nitrogens with zero attached hydrogens (tertiary/aromatic N) is 2. The lowest BCUT2D eigenvalue weighted by molar-refractivity contribution is -0.141. The second-order valence-electron chi connectivity index (χ2n) is 8.46. The summed E-state index contributed by atoms with van der Waals surface area (Å²) in [5, 5.41) is 3.71. The molecule has 7 nitrogen and oxygen atoms in total. The zero-order valence-corrected chi connectivity index (χ0v) is 22.8. The Bertz CT molecular complexity index is 1090. The molecule has 0 aliphatic carbocycles. The summed E-state index contributed by atoms with van der Waals surface area (Å²) in [5.41, 5.74) is 0.552. The van der Waals surface area contributed by atoms with Gasteiger partial charge in [-0.05, 0) is 51.0 Å². The maximum atomic E-state index is 13.3. The van der Waals surface area contributed by atoms with Crippen LogP contribution in [0.3, 0.4) is 0 Å². The molecule has 2 rings (SSSR count). The molecule has 0 aliphatic rings. The fraction of sp³-hybridized carbons (Fsp3) is 0.440. The quantitative estimate of drug-likeness (QED) is 0.420. The predicted molar refractivity (Wildman–Crippen MR) is 140 cm³/mol. The number of rotatable bonds is 12. The molecule has 0 saturated heterocycles. The molecule has 2 aromatic rings. The van der Waals surface area contributed by atoms with Crippen molar-refractivity contribution in [2.24, 2.45) is 0 Å². The van der Waals surface area contributed by atoms with Crippen molar-refractivity contribution >= 4 is 45.0 Å². The van der Waals surface area contributed by atoms with Crippen molar-refractivity contribution in [2.45, 2.75) is 63.6 Å². The molecule has 0 spiro atoms. The fourth-order valence-electron chi connectivity index (χ4n) is 3.39. The van der Waals surface area contributed by atoms with Crippen molar-refractivity contribution in [3.05, 3.63) is 64.1 Å². The van der Waals surface area contributed by atoms with Gasteiger partial charge in [0.25, 0.3) is 0 Å². The van der Waals surface area contributed by atoms with Gasteiger partial charge in [-0.3, -0.25) is 9.59 Å². The third-order valence-corrected chi connectivity index (χ3v) is 8.45. The highest BCUT2D eigenvalue weighted by Gasteiger charge is 2.28. The minimum absolute atomic E-state index is 0.0392. The topological polar surface area (TPSA) is 86.8 Å². The highest BCUT2D eigenvalue weighted by Crippen LogP contribution is 2.27. The maximum absolute atomic E-state index is 13.3. The van der Waals surface area contributed by atoms with Crippen LogP contribution >= 0.6 is 23.2 Å². The minimum atomic E-state index is -3.65. The lowest BCUT2D eigenvalue weighted by Crippen LogP contribution is -2.49. The maximum Gasteiger partial charge on any atom is 0.242 e. The Balaban J connectivity index is 2.14. The zero-order chi connectivity index (χ0) is 26.2. The van der Waals surface area contributed by atoms with E-state index in [1.54, 1.807) is 43.3 Å². The van der Waals surface area contributed by atoms with Gasteiger partial charge in [0.1, 0.15) is 6.04 Å². The van der Waals surface area contributed by atoms with Gasteiger partial charge in [-0.1, -0.05) is 54.4 Å². The molecule has 35 heavy (non-hydrogen) atoms. The van der Waals surface area contributed by atoms with Crippen LogP contribution in [-0.2, 0) is 26.2 Å². The second-order valence-corrected chi connectivity index (χ2v) is 11.3. The summed E-state index contributed by atoms with van der Waals surface area (Å²) in [6.45, 7) is 5.72. The Morgan fingerprint density at radius 1 is 1.00 bits per heavy atom. The van der Waals surface area contributed by atoms with Crippen molar-refractivity contribution in [1.82, 2.24) is 14.5 Å². The third kappa shape index (κ3) is 7.93. The molecule has 0 bridgehead atoms. The van der Waals surface area contributed by atoms with Crippen LogP contribution in [0.5, 0.6) is 0 Å². The van der Waals surface area contributed by atoms with E-state index in [9.17, 15) is 18.0 Å². The number of benzene rings is 2. The van der Waals surface area contributed by atoms with Gasteiger partial charge >= 0.3 is 0 Å². The molecule has 0 radical (unpaired) electrons. The van der Waals surface area contributed by atoms with E-state index in [-0.39, 0.29) is 48.7 Å². The number of amides is 2. The molecule has 192 valence electrons. The first-order valence-corrected chi connectivity index (χ1v) is 13.7. The molecular formula is C25H33Cl2N3O4S. The molecule has 2 amide bonds. The number of hydrogen-bond acceptors (Lipinski definition) is 4. The molecule has 0 aromatic heterocycles. The van der Waals surface area contributed by atoms with Gasteiger partial charge in [-0.25, -0.2) is 12.7 Å². The summed E-state index contributed by atoms with van der Waals surface area (Å²) in [7, 11) is -2.17. The van der Waals surface area contributed by atoms with Crippen molar-refractivity contribution in [2.75, 3.05) is 13.6 Å². The first kappa shape index (κ1) is 29.1. The molecular weight excluding hydrogens is 509 g/mol. The van der Waals surface area contributed by atoms with Crippen molar-refractivity contribution in [3.8, 4) is 0 Å². The number of sulfonamides is 1. The fourth-order valence-corrected chi connectivity index (χ4v) is 5.14. The van der Waals surface area contributed by atoms with Crippen LogP contribution in [0.2, 0.25) is 10.0 Å². The van der Waals surface area contributed by atoms with Crippen molar-refractivity contribution in [1.29, 1.82) is 0 Å². The van der Waals surface area contributed by atoms with Gasteiger partial charge in [0.05, 0.1) is 4.90 Å². The predicted octanol–water partition coefficient (Wildman–Crippen LogP) is 4.73. The number of hydrogen-bond donors (Lipinski definition) is 1. The first-order chi connectivity index (χ1) is 16.5. The van der Waals surface area contributed by atoms with Gasteiger partial charge in [-0.15, -0.1) is 0 Å². The van der Waals surface area contributed by atoms with E-state index in [1.807, 2.05) is 13.8 Å². The van der Waals surface area contributed by atoms with Crippen LogP contribution in [0, 0.1) is 0 Å².